The normalized spacial score (nSPS) is 17.1. The summed E-state index contributed by atoms with van der Waals surface area (Å²) in [6.45, 7) is 8.34. The summed E-state index contributed by atoms with van der Waals surface area (Å²) in [5.41, 5.74) is 4.54. The van der Waals surface area contributed by atoms with Gasteiger partial charge in [0, 0.05) is 75.7 Å². The molecule has 216 valence electrons. The van der Waals surface area contributed by atoms with Crippen LogP contribution < -0.4 is 9.64 Å². The number of fused-ring (bicyclic) bond motifs is 1. The van der Waals surface area contributed by atoms with Gasteiger partial charge in [0.1, 0.15) is 5.75 Å². The summed E-state index contributed by atoms with van der Waals surface area (Å²) < 4.78 is 5.67. The van der Waals surface area contributed by atoms with Gasteiger partial charge in [0.2, 0.25) is 5.91 Å². The van der Waals surface area contributed by atoms with Gasteiger partial charge >= 0.3 is 0 Å². The summed E-state index contributed by atoms with van der Waals surface area (Å²) in [6, 6.07) is 19.7. The molecule has 2 amide bonds. The lowest BCUT2D eigenvalue weighted by Crippen LogP contribution is -2.38. The number of para-hydroxylation sites is 1. The molecule has 1 aromatic heterocycles. The Balaban J connectivity index is 1.45. The second kappa shape index (κ2) is 13.7. The number of methoxy groups -OCH3 is 1. The standard InChI is InChI=1S/C33H41N5O3/c1-26(39)38-19-9-18-36(25-30-11-5-6-15-34-30)20-21-37(24-28-10-3-4-12-31(28)38)33(40)27-13-14-32(41-2)29(22-27)23-35-16-7-8-17-35/h3-6,10-15,22H,7-9,16-21,23-25H2,1-2H3. The fourth-order valence-corrected chi connectivity index (χ4v) is 5.92. The molecule has 8 heteroatoms. The molecule has 2 aromatic carbocycles. The maximum atomic E-state index is 14.2. The van der Waals surface area contributed by atoms with Crippen molar-refractivity contribution in [2.75, 3.05) is 51.3 Å². The van der Waals surface area contributed by atoms with E-state index >= 15 is 0 Å². The molecule has 0 radical (unpaired) electrons. The Bertz CT molecular complexity index is 1330. The van der Waals surface area contributed by atoms with Crippen LogP contribution in [0.3, 0.4) is 0 Å². The van der Waals surface area contributed by atoms with Gasteiger partial charge in [-0.2, -0.15) is 0 Å². The van der Waals surface area contributed by atoms with Crippen molar-refractivity contribution < 1.29 is 14.3 Å². The second-order valence-corrected chi connectivity index (χ2v) is 11.0. The van der Waals surface area contributed by atoms with Crippen LogP contribution >= 0.6 is 0 Å². The molecule has 1 saturated heterocycles. The summed E-state index contributed by atoms with van der Waals surface area (Å²) in [6.07, 6.45) is 5.06. The zero-order valence-electron chi connectivity index (χ0n) is 24.3. The topological polar surface area (TPSA) is 69.2 Å². The second-order valence-electron chi connectivity index (χ2n) is 11.0. The lowest BCUT2D eigenvalue weighted by molar-refractivity contribution is -0.116. The predicted octanol–water partition coefficient (Wildman–Crippen LogP) is 4.59. The van der Waals surface area contributed by atoms with E-state index in [0.29, 0.717) is 38.3 Å². The summed E-state index contributed by atoms with van der Waals surface area (Å²) in [5, 5.41) is 0. The Morgan fingerprint density at radius 3 is 2.34 bits per heavy atom. The highest BCUT2D eigenvalue weighted by molar-refractivity contribution is 5.95. The Kier molecular flexibility index (Phi) is 9.64. The number of hydrogen-bond donors (Lipinski definition) is 0. The molecule has 0 aliphatic carbocycles. The number of carbonyl (C=O) groups excluding carboxylic acids is 2. The third-order valence-electron chi connectivity index (χ3n) is 8.08. The number of ether oxygens (including phenoxy) is 1. The van der Waals surface area contributed by atoms with E-state index in [1.165, 1.54) is 12.8 Å². The van der Waals surface area contributed by atoms with E-state index in [0.717, 1.165) is 60.9 Å². The van der Waals surface area contributed by atoms with E-state index in [-0.39, 0.29) is 11.8 Å². The molecule has 3 aromatic rings. The minimum absolute atomic E-state index is 0.00700. The molecular weight excluding hydrogens is 514 g/mol. The van der Waals surface area contributed by atoms with Crippen molar-refractivity contribution in [2.45, 2.75) is 45.8 Å². The van der Waals surface area contributed by atoms with Crippen LogP contribution in [-0.4, -0.2) is 77.9 Å². The highest BCUT2D eigenvalue weighted by Crippen LogP contribution is 2.27. The first-order chi connectivity index (χ1) is 20.0. The van der Waals surface area contributed by atoms with Crippen molar-refractivity contribution in [1.82, 2.24) is 19.7 Å². The van der Waals surface area contributed by atoms with Gasteiger partial charge in [0.25, 0.3) is 5.91 Å². The predicted molar refractivity (Wildman–Crippen MR) is 161 cm³/mol. The quantitative estimate of drug-likeness (QED) is 0.443. The monoisotopic (exact) mass is 555 g/mol. The van der Waals surface area contributed by atoms with Gasteiger partial charge in [-0.15, -0.1) is 0 Å². The van der Waals surface area contributed by atoms with E-state index in [1.54, 1.807) is 14.0 Å². The van der Waals surface area contributed by atoms with E-state index < -0.39 is 0 Å². The van der Waals surface area contributed by atoms with Crippen LogP contribution in [0.15, 0.2) is 66.9 Å². The van der Waals surface area contributed by atoms with Crippen molar-refractivity contribution in [1.29, 1.82) is 0 Å². The summed E-state index contributed by atoms with van der Waals surface area (Å²) in [4.78, 5) is 40.0. The maximum absolute atomic E-state index is 14.2. The third-order valence-corrected chi connectivity index (χ3v) is 8.08. The molecule has 0 N–H and O–H groups in total. The third kappa shape index (κ3) is 7.31. The van der Waals surface area contributed by atoms with Crippen LogP contribution in [0.25, 0.3) is 0 Å². The van der Waals surface area contributed by atoms with E-state index in [9.17, 15) is 9.59 Å². The average molecular weight is 556 g/mol. The van der Waals surface area contributed by atoms with Crippen LogP contribution in [0.1, 0.15) is 53.4 Å². The minimum atomic E-state index is -0.0171. The van der Waals surface area contributed by atoms with E-state index in [1.807, 2.05) is 76.7 Å². The molecule has 41 heavy (non-hydrogen) atoms. The van der Waals surface area contributed by atoms with Crippen molar-refractivity contribution >= 4 is 17.5 Å². The van der Waals surface area contributed by atoms with Gasteiger partial charge in [-0.3, -0.25) is 24.4 Å². The summed E-state index contributed by atoms with van der Waals surface area (Å²) in [7, 11) is 1.69. The summed E-state index contributed by atoms with van der Waals surface area (Å²) >= 11 is 0. The highest BCUT2D eigenvalue weighted by atomic mass is 16.5. The number of hydrogen-bond acceptors (Lipinski definition) is 6. The number of anilines is 1. The van der Waals surface area contributed by atoms with Gasteiger partial charge in [0.15, 0.2) is 0 Å². The molecule has 0 unspecified atom stereocenters. The van der Waals surface area contributed by atoms with E-state index in [2.05, 4.69) is 14.8 Å². The van der Waals surface area contributed by atoms with Gasteiger partial charge < -0.3 is 14.5 Å². The molecule has 2 aliphatic heterocycles. The Morgan fingerprint density at radius 2 is 1.59 bits per heavy atom. The Labute approximate surface area is 243 Å². The van der Waals surface area contributed by atoms with Gasteiger partial charge in [0.05, 0.1) is 12.8 Å². The Hall–Kier alpha value is -3.75. The number of aromatic nitrogens is 1. The summed E-state index contributed by atoms with van der Waals surface area (Å²) in [5.74, 6) is 0.805. The number of rotatable bonds is 6. The molecule has 1 fully saturated rings. The van der Waals surface area contributed by atoms with Crippen molar-refractivity contribution in [3.63, 3.8) is 0 Å². The van der Waals surface area contributed by atoms with Crippen LogP contribution in [0, 0.1) is 0 Å². The number of pyridine rings is 1. The van der Waals surface area contributed by atoms with Crippen molar-refractivity contribution in [3.05, 3.63) is 89.2 Å². The average Bonchev–Trinajstić information content (AvgIpc) is 3.49. The molecule has 0 saturated carbocycles. The number of carbonyl (C=O) groups is 2. The highest BCUT2D eigenvalue weighted by Gasteiger charge is 2.24. The minimum Gasteiger partial charge on any atom is -0.496 e. The van der Waals surface area contributed by atoms with Crippen molar-refractivity contribution in [2.24, 2.45) is 0 Å². The first-order valence-electron chi connectivity index (χ1n) is 14.7. The molecule has 0 atom stereocenters. The van der Waals surface area contributed by atoms with Crippen LogP contribution in [0.2, 0.25) is 0 Å². The lowest BCUT2D eigenvalue weighted by atomic mass is 10.1. The number of nitrogens with zero attached hydrogens (tertiary/aromatic N) is 5. The Morgan fingerprint density at radius 1 is 0.829 bits per heavy atom. The molecule has 0 bridgehead atoms. The smallest absolute Gasteiger partial charge is 0.254 e. The van der Waals surface area contributed by atoms with Gasteiger partial charge in [-0.05, 0) is 74.3 Å². The zero-order valence-corrected chi connectivity index (χ0v) is 24.3. The van der Waals surface area contributed by atoms with Gasteiger partial charge in [-0.1, -0.05) is 24.3 Å². The fraction of sp³-hybridized carbons (Fsp3) is 0.424. The van der Waals surface area contributed by atoms with Crippen LogP contribution in [0.5, 0.6) is 5.75 Å². The molecule has 3 heterocycles. The maximum Gasteiger partial charge on any atom is 0.254 e. The molecule has 0 spiro atoms. The molecular formula is C33H41N5O3. The molecule has 5 rings (SSSR count). The lowest BCUT2D eigenvalue weighted by Gasteiger charge is -2.28. The zero-order chi connectivity index (χ0) is 28.6. The van der Waals surface area contributed by atoms with E-state index in [4.69, 9.17) is 4.74 Å². The van der Waals surface area contributed by atoms with Crippen LogP contribution in [-0.2, 0) is 24.4 Å². The number of likely N-dealkylation sites (tertiary alicyclic amines) is 1. The van der Waals surface area contributed by atoms with Gasteiger partial charge in [-0.25, -0.2) is 0 Å². The first kappa shape index (κ1) is 28.8. The molecule has 8 nitrogen and oxygen atoms in total. The fourth-order valence-electron chi connectivity index (χ4n) is 5.92. The first-order valence-corrected chi connectivity index (χ1v) is 14.7. The SMILES string of the molecule is COc1ccc(C(=O)N2CCN(Cc3ccccn3)CCCN(C(C)=O)c3ccccc3C2)cc1CN1CCCC1. The van der Waals surface area contributed by atoms with Crippen LogP contribution in [0.4, 0.5) is 5.69 Å². The molecule has 2 aliphatic rings. The number of benzene rings is 2. The number of amides is 2. The largest absolute Gasteiger partial charge is 0.496 e. The van der Waals surface area contributed by atoms with Crippen molar-refractivity contribution in [3.8, 4) is 5.75 Å².